The number of benzene rings is 3. The Balaban J connectivity index is 1.15. The molecule has 6 rings (SSSR count). The number of rotatable bonds is 10. The number of para-hydroxylation sites is 2. The van der Waals surface area contributed by atoms with Crippen LogP contribution in [0.3, 0.4) is 0 Å². The summed E-state index contributed by atoms with van der Waals surface area (Å²) in [5.74, 6) is 1.02. The largest absolute Gasteiger partial charge is 0.560 e. The smallest absolute Gasteiger partial charge is 0.496 e. The van der Waals surface area contributed by atoms with Gasteiger partial charge in [-0.05, 0) is 79.3 Å². The van der Waals surface area contributed by atoms with Crippen molar-refractivity contribution >= 4 is 28.8 Å². The molecule has 0 saturated carbocycles. The molecule has 2 aliphatic rings. The zero-order chi connectivity index (χ0) is 29.8. The molecule has 1 aromatic heterocycles. The van der Waals surface area contributed by atoms with Gasteiger partial charge in [0.1, 0.15) is 17.1 Å². The van der Waals surface area contributed by atoms with Crippen LogP contribution in [0.5, 0.6) is 5.75 Å². The van der Waals surface area contributed by atoms with Gasteiger partial charge in [-0.2, -0.15) is 9.86 Å². The molecule has 43 heavy (non-hydrogen) atoms. The fourth-order valence-corrected chi connectivity index (χ4v) is 5.93. The minimum Gasteiger partial charge on any atom is -0.496 e. The Morgan fingerprint density at radius 2 is 1.77 bits per heavy atom. The molecule has 224 valence electrons. The zero-order valence-corrected chi connectivity index (χ0v) is 24.6. The number of methoxy groups -OCH3 is 1. The molecule has 0 radical (unpaired) electrons. The van der Waals surface area contributed by atoms with Crippen LogP contribution in [0.15, 0.2) is 82.4 Å². The second-order valence-electron chi connectivity index (χ2n) is 10.9. The van der Waals surface area contributed by atoms with E-state index in [0.717, 1.165) is 68.5 Å². The van der Waals surface area contributed by atoms with Gasteiger partial charge < -0.3 is 24.6 Å². The Morgan fingerprint density at radius 1 is 0.977 bits per heavy atom. The van der Waals surface area contributed by atoms with E-state index in [-0.39, 0.29) is 5.96 Å². The highest BCUT2D eigenvalue weighted by Crippen LogP contribution is 2.39. The third-order valence-electron chi connectivity index (χ3n) is 8.17. The average molecular weight is 584 g/mol. The zero-order valence-electron chi connectivity index (χ0n) is 24.6. The number of anilines is 1. The second kappa shape index (κ2) is 12.7. The Kier molecular flexibility index (Phi) is 8.37. The first kappa shape index (κ1) is 28.4. The number of piperazine rings is 1. The number of hydrogen-bond donors (Lipinski definition) is 1. The van der Waals surface area contributed by atoms with Gasteiger partial charge in [-0.15, -0.1) is 0 Å². The number of oxime groups is 1. The van der Waals surface area contributed by atoms with Crippen molar-refractivity contribution in [2.24, 2.45) is 10.9 Å². The highest BCUT2D eigenvalue weighted by molar-refractivity contribution is 5.82. The molecule has 3 heterocycles. The lowest BCUT2D eigenvalue weighted by Crippen LogP contribution is -2.46. The Hall–Kier alpha value is -4.70. The fourth-order valence-electron chi connectivity index (χ4n) is 5.93. The maximum atomic E-state index is 12.1. The number of fused-ring (bicyclic) bond motifs is 1. The number of hydrogen-bond acceptors (Lipinski definition) is 10. The van der Waals surface area contributed by atoms with Gasteiger partial charge in [0.05, 0.1) is 7.11 Å². The molecule has 1 unspecified atom stereocenters. The summed E-state index contributed by atoms with van der Waals surface area (Å²) in [6.07, 6.45) is 2.04. The summed E-state index contributed by atoms with van der Waals surface area (Å²) in [6.45, 7) is 7.50. The van der Waals surface area contributed by atoms with E-state index in [4.69, 9.17) is 19.7 Å². The third-order valence-corrected chi connectivity index (χ3v) is 8.17. The van der Waals surface area contributed by atoms with Gasteiger partial charge in [-0.1, -0.05) is 42.5 Å². The predicted octanol–water partition coefficient (Wildman–Crippen LogP) is 5.60. The molecular formula is C33H37N5O5. The van der Waals surface area contributed by atoms with Crippen molar-refractivity contribution in [1.29, 1.82) is 0 Å². The van der Waals surface area contributed by atoms with Crippen LogP contribution in [0.4, 0.5) is 10.5 Å². The van der Waals surface area contributed by atoms with Gasteiger partial charge in [-0.3, -0.25) is 9.74 Å². The normalized spacial score (nSPS) is 16.5. The summed E-state index contributed by atoms with van der Waals surface area (Å²) in [6, 6.07) is 23.5. The van der Waals surface area contributed by atoms with Crippen molar-refractivity contribution in [3.8, 4) is 5.75 Å². The standard InChI is InChI=1S/C33H37N5O5/c1-23-9-3-5-12-27(23)37-19-17-36(18-20-37)16-8-7-10-24-14-15-29(40-2)26(21-24)31(38-32(34)35-42-33(39)43-38)30-22-25-11-4-6-13-28(25)41-30/h3-6,9,11-15,21-22,31H,7-8,10,16-20H2,1-2H3,(H2,34,35). The van der Waals surface area contributed by atoms with Crippen LogP contribution in [-0.4, -0.2) is 61.9 Å². The average Bonchev–Trinajstić information content (AvgIpc) is 3.46. The molecule has 4 aromatic rings. The number of guanidine groups is 1. The number of carbonyl (C=O) groups is 1. The van der Waals surface area contributed by atoms with E-state index in [1.54, 1.807) is 7.11 Å². The molecule has 3 aromatic carbocycles. The monoisotopic (exact) mass is 583 g/mol. The number of furan rings is 1. The van der Waals surface area contributed by atoms with Gasteiger partial charge >= 0.3 is 6.16 Å². The van der Waals surface area contributed by atoms with E-state index in [0.29, 0.717) is 17.1 Å². The lowest BCUT2D eigenvalue weighted by atomic mass is 9.97. The summed E-state index contributed by atoms with van der Waals surface area (Å²) < 4.78 is 12.0. The molecule has 1 atom stereocenters. The summed E-state index contributed by atoms with van der Waals surface area (Å²) >= 11 is 0. The molecule has 0 amide bonds. The van der Waals surface area contributed by atoms with Crippen LogP contribution in [0.25, 0.3) is 11.0 Å². The van der Waals surface area contributed by atoms with Crippen LogP contribution in [0.1, 0.15) is 41.3 Å². The molecule has 10 heteroatoms. The lowest BCUT2D eigenvalue weighted by molar-refractivity contribution is -0.116. The number of aryl methyl sites for hydroxylation is 2. The van der Waals surface area contributed by atoms with Crippen LogP contribution in [0, 0.1) is 6.92 Å². The highest BCUT2D eigenvalue weighted by Gasteiger charge is 2.36. The summed E-state index contributed by atoms with van der Waals surface area (Å²) in [5.41, 5.74) is 11.4. The number of nitrogens with two attached hydrogens (primary N) is 1. The van der Waals surface area contributed by atoms with Crippen LogP contribution >= 0.6 is 0 Å². The van der Waals surface area contributed by atoms with E-state index in [1.165, 1.54) is 16.3 Å². The lowest BCUT2D eigenvalue weighted by Gasteiger charge is -2.36. The highest BCUT2D eigenvalue weighted by atomic mass is 16.9. The molecule has 0 spiro atoms. The third kappa shape index (κ3) is 6.24. The summed E-state index contributed by atoms with van der Waals surface area (Å²) in [5, 5.41) is 5.80. The van der Waals surface area contributed by atoms with Crippen LogP contribution in [0.2, 0.25) is 0 Å². The van der Waals surface area contributed by atoms with Crippen molar-refractivity contribution < 1.29 is 23.6 Å². The van der Waals surface area contributed by atoms with Crippen LogP contribution in [-0.2, 0) is 16.1 Å². The fraction of sp³-hybridized carbons (Fsp3) is 0.333. The Morgan fingerprint density at radius 3 is 2.56 bits per heavy atom. The minimum atomic E-state index is -0.981. The van der Waals surface area contributed by atoms with E-state index >= 15 is 0 Å². The maximum absolute atomic E-state index is 12.1. The molecule has 10 nitrogen and oxygen atoms in total. The molecule has 1 saturated heterocycles. The number of hydroxylamine groups is 2. The number of carbonyl (C=O) groups excluding carboxylic acids is 1. The molecule has 0 bridgehead atoms. The number of unbranched alkanes of at least 4 members (excludes halogenated alkanes) is 1. The predicted molar refractivity (Wildman–Crippen MR) is 165 cm³/mol. The number of nitrogens with zero attached hydrogens (tertiary/aromatic N) is 4. The topological polar surface area (TPSA) is 106 Å². The molecule has 1 fully saturated rings. The van der Waals surface area contributed by atoms with Crippen LogP contribution < -0.4 is 15.4 Å². The van der Waals surface area contributed by atoms with Gasteiger partial charge in [0.2, 0.25) is 0 Å². The Bertz CT molecular complexity index is 1580. The van der Waals surface area contributed by atoms with E-state index < -0.39 is 12.2 Å². The van der Waals surface area contributed by atoms with Crippen molar-refractivity contribution in [3.05, 3.63) is 95.2 Å². The summed E-state index contributed by atoms with van der Waals surface area (Å²) in [4.78, 5) is 27.1. The first-order chi connectivity index (χ1) is 21.0. The first-order valence-corrected chi connectivity index (χ1v) is 14.7. The molecule has 2 N–H and O–H groups in total. The van der Waals surface area contributed by atoms with Gasteiger partial charge in [0.15, 0.2) is 6.04 Å². The van der Waals surface area contributed by atoms with Crippen molar-refractivity contribution in [3.63, 3.8) is 0 Å². The molecular weight excluding hydrogens is 546 g/mol. The van der Waals surface area contributed by atoms with Gasteiger partial charge in [0.25, 0.3) is 5.96 Å². The SMILES string of the molecule is COc1ccc(CCCCN2CCN(c3ccccc3C)CC2)cc1C(c1cc2ccccc2o1)N1OC(=O)ON=C1N. The first-order valence-electron chi connectivity index (χ1n) is 14.7. The number of ether oxygens (including phenoxy) is 1. The quantitative estimate of drug-likeness (QED) is 0.189. The van der Waals surface area contributed by atoms with Crippen molar-refractivity contribution in [1.82, 2.24) is 9.96 Å². The minimum absolute atomic E-state index is 0.111. The van der Waals surface area contributed by atoms with E-state index in [9.17, 15) is 4.79 Å². The second-order valence-corrected chi connectivity index (χ2v) is 10.9. The van der Waals surface area contributed by atoms with E-state index in [2.05, 4.69) is 63.1 Å². The molecule has 0 aliphatic carbocycles. The van der Waals surface area contributed by atoms with Crippen molar-refractivity contribution in [2.45, 2.75) is 32.2 Å². The summed E-state index contributed by atoms with van der Waals surface area (Å²) in [7, 11) is 1.61. The van der Waals surface area contributed by atoms with Gasteiger partial charge in [0, 0.05) is 42.8 Å². The molecule has 2 aliphatic heterocycles. The van der Waals surface area contributed by atoms with Gasteiger partial charge in [-0.25, -0.2) is 0 Å². The van der Waals surface area contributed by atoms with E-state index in [1.807, 2.05) is 36.4 Å². The Labute approximate surface area is 251 Å². The maximum Gasteiger partial charge on any atom is 0.560 e. The van der Waals surface area contributed by atoms with Crippen molar-refractivity contribution in [2.75, 3.05) is 44.7 Å².